The van der Waals surface area contributed by atoms with Crippen LogP contribution in [-0.4, -0.2) is 41.2 Å². The molecule has 0 spiro atoms. The number of thiazole rings is 1. The summed E-state index contributed by atoms with van der Waals surface area (Å²) in [6, 6.07) is 13.8. The summed E-state index contributed by atoms with van der Waals surface area (Å²) in [5.74, 6) is 1.87. The van der Waals surface area contributed by atoms with Crippen molar-refractivity contribution in [2.45, 2.75) is 28.6 Å². The normalized spacial score (nSPS) is 13.8. The first-order chi connectivity index (χ1) is 18.9. The predicted molar refractivity (Wildman–Crippen MR) is 150 cm³/mol. The fourth-order valence-electron chi connectivity index (χ4n) is 4.12. The zero-order valence-corrected chi connectivity index (χ0v) is 23.9. The highest BCUT2D eigenvalue weighted by Crippen LogP contribution is 2.39. The number of methoxy groups -OCH3 is 1. The van der Waals surface area contributed by atoms with E-state index in [4.69, 9.17) is 14.5 Å². The summed E-state index contributed by atoms with van der Waals surface area (Å²) in [6.45, 7) is 0.873. The molecular weight excluding hydrogens is 607 g/mol. The Morgan fingerprint density at radius 3 is 2.74 bits per heavy atom. The molecule has 1 aliphatic rings. The Hall–Kier alpha value is -3.35. The maximum atomic E-state index is 13.7. The number of pyridine rings is 1. The van der Waals surface area contributed by atoms with Crippen molar-refractivity contribution in [3.05, 3.63) is 76.1 Å². The minimum Gasteiger partial charge on any atom is -0.530 e. The van der Waals surface area contributed by atoms with Crippen LogP contribution in [0, 0.1) is 5.82 Å². The number of likely N-dealkylation sites (tertiary alicyclic amines) is 1. The van der Waals surface area contributed by atoms with E-state index in [2.05, 4.69) is 26.2 Å². The molecule has 1 saturated heterocycles. The van der Waals surface area contributed by atoms with Crippen molar-refractivity contribution in [2.24, 2.45) is 0 Å². The number of carbonyl (C=O) groups excluding carboxylic acids is 1. The van der Waals surface area contributed by atoms with Crippen molar-refractivity contribution in [2.75, 3.05) is 25.5 Å². The van der Waals surface area contributed by atoms with E-state index in [0.29, 0.717) is 52.9 Å². The van der Waals surface area contributed by atoms with Crippen molar-refractivity contribution >= 4 is 56.1 Å². The molecule has 0 unspecified atom stereocenters. The van der Waals surface area contributed by atoms with Crippen LogP contribution >= 0.6 is 39.0 Å². The van der Waals surface area contributed by atoms with E-state index >= 15 is 0 Å². The number of anilines is 2. The average molecular weight is 631 g/mol. The van der Waals surface area contributed by atoms with Crippen LogP contribution in [0.25, 0.3) is 0 Å². The smallest absolute Gasteiger partial charge is 0.188 e. The molecule has 0 saturated carbocycles. The van der Waals surface area contributed by atoms with Gasteiger partial charge in [-0.2, -0.15) is 0 Å². The van der Waals surface area contributed by atoms with Gasteiger partial charge in [-0.3, -0.25) is 0 Å². The van der Waals surface area contributed by atoms with Crippen LogP contribution in [0.5, 0.6) is 17.2 Å². The van der Waals surface area contributed by atoms with Crippen LogP contribution in [0.15, 0.2) is 74.4 Å². The van der Waals surface area contributed by atoms with Gasteiger partial charge in [0.2, 0.25) is 0 Å². The number of aromatic nitrogens is 2. The topological polar surface area (TPSA) is 99.6 Å². The highest BCUT2D eigenvalue weighted by atomic mass is 79.9. The molecule has 0 aliphatic carbocycles. The van der Waals surface area contributed by atoms with E-state index in [1.165, 1.54) is 40.1 Å². The van der Waals surface area contributed by atoms with Gasteiger partial charge in [0.25, 0.3) is 0 Å². The number of piperidine rings is 1. The molecule has 39 heavy (non-hydrogen) atoms. The molecule has 0 bridgehead atoms. The van der Waals surface area contributed by atoms with Crippen molar-refractivity contribution < 1.29 is 23.8 Å². The fourth-order valence-corrected chi connectivity index (χ4v) is 6.21. The molecule has 1 aliphatic heterocycles. The first kappa shape index (κ1) is 27.2. The van der Waals surface area contributed by atoms with Gasteiger partial charge in [-0.05, 0) is 65.2 Å². The van der Waals surface area contributed by atoms with E-state index in [-0.39, 0.29) is 11.7 Å². The summed E-state index contributed by atoms with van der Waals surface area (Å²) in [5, 5.41) is 17.0. The third-order valence-corrected chi connectivity index (χ3v) is 8.48. The fraction of sp³-hybridized carbons (Fsp3) is 0.222. The lowest BCUT2D eigenvalue weighted by Crippen LogP contribution is -2.45. The molecule has 1 fully saturated rings. The largest absolute Gasteiger partial charge is 0.530 e. The Morgan fingerprint density at radius 2 is 2.00 bits per heavy atom. The van der Waals surface area contributed by atoms with Gasteiger partial charge in [0.1, 0.15) is 23.4 Å². The molecule has 8 nitrogen and oxygen atoms in total. The molecule has 5 rings (SSSR count). The summed E-state index contributed by atoms with van der Waals surface area (Å²) in [6.07, 6.45) is 1.99. The summed E-state index contributed by atoms with van der Waals surface area (Å²) >= 11 is 6.31. The molecule has 202 valence electrons. The zero-order chi connectivity index (χ0) is 27.4. The molecular formula is C27H23BrFN4O4S2-. The molecule has 0 radical (unpaired) electrons. The number of carboxylic acid groups (broad SMARTS) is 1. The van der Waals surface area contributed by atoms with Crippen LogP contribution in [0.3, 0.4) is 0 Å². The van der Waals surface area contributed by atoms with Gasteiger partial charge in [-0.1, -0.05) is 17.8 Å². The second-order valence-electron chi connectivity index (χ2n) is 8.71. The Morgan fingerprint density at radius 1 is 1.18 bits per heavy atom. The lowest BCUT2D eigenvalue weighted by atomic mass is 9.94. The van der Waals surface area contributed by atoms with Crippen molar-refractivity contribution in [1.29, 1.82) is 0 Å². The summed E-state index contributed by atoms with van der Waals surface area (Å²) in [4.78, 5) is 23.6. The Kier molecular flexibility index (Phi) is 8.53. The van der Waals surface area contributed by atoms with E-state index in [1.54, 1.807) is 19.4 Å². The van der Waals surface area contributed by atoms with Crippen molar-refractivity contribution in [1.82, 2.24) is 14.9 Å². The first-order valence-electron chi connectivity index (χ1n) is 12.0. The average Bonchev–Trinajstić information content (AvgIpc) is 3.40. The maximum Gasteiger partial charge on any atom is 0.188 e. The third-order valence-electron chi connectivity index (χ3n) is 6.14. The number of nitrogens with one attached hydrogen (secondary N) is 1. The second kappa shape index (κ2) is 12.2. The summed E-state index contributed by atoms with van der Waals surface area (Å²) in [7, 11) is 1.62. The molecule has 12 heteroatoms. The van der Waals surface area contributed by atoms with E-state index in [9.17, 15) is 14.3 Å². The Balaban J connectivity index is 1.38. The number of rotatable bonds is 8. The van der Waals surface area contributed by atoms with Crippen molar-refractivity contribution in [3.8, 4) is 17.2 Å². The van der Waals surface area contributed by atoms with Crippen molar-refractivity contribution in [3.63, 3.8) is 0 Å². The van der Waals surface area contributed by atoms with Crippen LogP contribution in [0.1, 0.15) is 24.5 Å². The lowest BCUT2D eigenvalue weighted by Gasteiger charge is -2.32. The van der Waals surface area contributed by atoms with Crippen LogP contribution < -0.4 is 19.9 Å². The standard InChI is InChI=1S/C27H24BrFN4O4S2/c1-36-18-3-2-4-19(12-18)39-20-13-24(37-23-6-5-17(29)11-21(23)28)25(30-14-20)32-26-31-22(15-38-26)16-7-9-33(10-8-16)27(34)35/h2-6,11-16H,7-10H2,1H3,(H,34,35)(H,30,31,32)/p-1. The zero-order valence-electron chi connectivity index (χ0n) is 20.7. The minimum atomic E-state index is -1.13. The van der Waals surface area contributed by atoms with E-state index in [0.717, 1.165) is 21.2 Å². The number of hydrogen-bond acceptors (Lipinski definition) is 9. The number of hydrogen-bond donors (Lipinski definition) is 1. The maximum absolute atomic E-state index is 13.7. The van der Waals surface area contributed by atoms with Gasteiger partial charge in [0, 0.05) is 46.4 Å². The molecule has 4 aromatic rings. The monoisotopic (exact) mass is 629 g/mol. The minimum absolute atomic E-state index is 0.174. The van der Waals surface area contributed by atoms with Gasteiger partial charge in [0.05, 0.1) is 17.3 Å². The lowest BCUT2D eigenvalue weighted by molar-refractivity contribution is -0.266. The number of benzene rings is 2. The highest BCUT2D eigenvalue weighted by Gasteiger charge is 2.23. The number of ether oxygens (including phenoxy) is 2. The number of carbonyl (C=O) groups is 1. The number of nitrogens with zero attached hydrogens (tertiary/aromatic N) is 3. The van der Waals surface area contributed by atoms with Gasteiger partial charge in [-0.25, -0.2) is 14.4 Å². The third kappa shape index (κ3) is 6.81. The van der Waals surface area contributed by atoms with Gasteiger partial charge < -0.3 is 29.6 Å². The quantitative estimate of drug-likeness (QED) is 0.231. The predicted octanol–water partition coefficient (Wildman–Crippen LogP) is 6.66. The highest BCUT2D eigenvalue weighted by molar-refractivity contribution is 9.10. The van der Waals surface area contributed by atoms with Gasteiger partial charge >= 0.3 is 0 Å². The Labute approximate surface area is 241 Å². The van der Waals surface area contributed by atoms with E-state index < -0.39 is 6.09 Å². The Bertz CT molecular complexity index is 1480. The summed E-state index contributed by atoms with van der Waals surface area (Å²) < 4.78 is 25.7. The molecule has 1 N–H and O–H groups in total. The summed E-state index contributed by atoms with van der Waals surface area (Å²) in [5.41, 5.74) is 0.912. The molecule has 3 heterocycles. The van der Waals surface area contributed by atoms with Gasteiger partial charge in [0.15, 0.2) is 16.7 Å². The SMILES string of the molecule is COc1cccc(Sc2cnc(Nc3nc(C4CCN(C(=O)[O-])CC4)cs3)c(Oc3ccc(F)cc3Br)c2)c1. The number of amides is 1. The molecule has 2 aromatic carbocycles. The molecule has 0 atom stereocenters. The van der Waals surface area contributed by atoms with Crippen LogP contribution in [0.2, 0.25) is 0 Å². The second-order valence-corrected chi connectivity index (χ2v) is 11.6. The van der Waals surface area contributed by atoms with E-state index in [1.807, 2.05) is 35.7 Å². The molecule has 1 amide bonds. The molecule has 2 aromatic heterocycles. The van der Waals surface area contributed by atoms with Gasteiger partial charge in [-0.15, -0.1) is 11.3 Å². The number of halogens is 2. The first-order valence-corrected chi connectivity index (χ1v) is 14.5. The van der Waals surface area contributed by atoms with Crippen LogP contribution in [0.4, 0.5) is 20.1 Å². The van der Waals surface area contributed by atoms with Crippen LogP contribution in [-0.2, 0) is 0 Å².